The average Bonchev–Trinajstić information content (AvgIpc) is 3.05. The Hall–Kier alpha value is -3.27. The van der Waals surface area contributed by atoms with Crippen LogP contribution in [-0.2, 0) is 19.6 Å². The average molecular weight is 403 g/mol. The third-order valence-electron chi connectivity index (χ3n) is 4.39. The Morgan fingerprint density at radius 2 is 1.75 bits per heavy atom. The van der Waals surface area contributed by atoms with Crippen LogP contribution in [0.3, 0.4) is 0 Å². The van der Waals surface area contributed by atoms with Gasteiger partial charge in [-0.05, 0) is 37.6 Å². The van der Waals surface area contributed by atoms with Gasteiger partial charge in [0.05, 0.1) is 9.82 Å². The third-order valence-corrected chi connectivity index (χ3v) is 6.23. The van der Waals surface area contributed by atoms with Crippen molar-refractivity contribution in [3.63, 3.8) is 0 Å². The zero-order valence-corrected chi connectivity index (χ0v) is 15.7. The van der Waals surface area contributed by atoms with Crippen LogP contribution >= 0.6 is 0 Å². The Bertz CT molecular complexity index is 1030. The minimum atomic E-state index is -4.18. The Balaban J connectivity index is 1.84. The lowest BCUT2D eigenvalue weighted by atomic mass is 10.2. The third kappa shape index (κ3) is 3.72. The van der Waals surface area contributed by atoms with E-state index in [2.05, 4.69) is 5.32 Å². The summed E-state index contributed by atoms with van der Waals surface area (Å²) in [5.74, 6) is -1.32. The van der Waals surface area contributed by atoms with E-state index in [9.17, 15) is 28.1 Å². The van der Waals surface area contributed by atoms with Gasteiger partial charge in [-0.3, -0.25) is 19.7 Å². The molecule has 2 aromatic rings. The number of hydrogen-bond acceptors (Lipinski definition) is 6. The van der Waals surface area contributed by atoms with E-state index < -0.39 is 32.8 Å². The van der Waals surface area contributed by atoms with Crippen molar-refractivity contribution in [2.24, 2.45) is 0 Å². The van der Waals surface area contributed by atoms with Gasteiger partial charge < -0.3 is 5.32 Å². The van der Waals surface area contributed by atoms with Crippen molar-refractivity contribution in [1.29, 1.82) is 0 Å². The molecule has 0 spiro atoms. The summed E-state index contributed by atoms with van der Waals surface area (Å²) >= 11 is 0. The zero-order chi connectivity index (χ0) is 20.5. The number of non-ortho nitro benzene ring substituents is 1. The summed E-state index contributed by atoms with van der Waals surface area (Å²) in [5.41, 5.74) is 0.986. The van der Waals surface area contributed by atoms with Gasteiger partial charge in [0.1, 0.15) is 6.04 Å². The van der Waals surface area contributed by atoms with Gasteiger partial charge in [-0.2, -0.15) is 0 Å². The van der Waals surface area contributed by atoms with Crippen LogP contribution in [-0.4, -0.2) is 35.5 Å². The van der Waals surface area contributed by atoms with E-state index in [-0.39, 0.29) is 29.1 Å². The van der Waals surface area contributed by atoms with Crippen LogP contribution in [0.25, 0.3) is 0 Å². The lowest BCUT2D eigenvalue weighted by Gasteiger charge is -2.23. The van der Waals surface area contributed by atoms with E-state index in [1.54, 1.807) is 19.1 Å². The number of nitro benzene ring substituents is 1. The van der Waals surface area contributed by atoms with Crippen LogP contribution in [0.1, 0.15) is 18.4 Å². The van der Waals surface area contributed by atoms with Gasteiger partial charge in [0.2, 0.25) is 11.8 Å². The molecule has 1 saturated heterocycles. The molecule has 1 N–H and O–H groups in total. The molecule has 1 heterocycles. The molecule has 1 atom stereocenters. The van der Waals surface area contributed by atoms with Crippen LogP contribution in [0.15, 0.2) is 53.4 Å². The van der Waals surface area contributed by atoms with Crippen molar-refractivity contribution in [2.45, 2.75) is 30.7 Å². The Kier molecular flexibility index (Phi) is 5.14. The van der Waals surface area contributed by atoms with E-state index in [0.717, 1.165) is 5.56 Å². The maximum Gasteiger partial charge on any atom is 0.269 e. The molecule has 0 radical (unpaired) electrons. The summed E-state index contributed by atoms with van der Waals surface area (Å²) in [4.78, 5) is 34.9. The maximum atomic E-state index is 12.9. The first-order valence-electron chi connectivity index (χ1n) is 8.39. The second-order valence-electron chi connectivity index (χ2n) is 6.36. The first-order chi connectivity index (χ1) is 13.2. The van der Waals surface area contributed by atoms with Gasteiger partial charge in [-0.1, -0.05) is 17.7 Å². The van der Waals surface area contributed by atoms with Crippen LogP contribution in [0.5, 0.6) is 0 Å². The molecule has 28 heavy (non-hydrogen) atoms. The quantitative estimate of drug-likeness (QED) is 0.602. The van der Waals surface area contributed by atoms with Gasteiger partial charge in [-0.15, -0.1) is 0 Å². The highest BCUT2D eigenvalue weighted by molar-refractivity contribution is 7.89. The molecule has 0 aromatic heterocycles. The van der Waals surface area contributed by atoms with E-state index in [0.29, 0.717) is 4.31 Å². The SMILES string of the molecule is Cc1ccc(S(=O)(=O)N2C(=O)CC[C@H]2C(=O)Nc2ccc([N+](=O)[O-])cc2)cc1. The van der Waals surface area contributed by atoms with Crippen molar-refractivity contribution >= 4 is 33.2 Å². The number of anilines is 1. The lowest BCUT2D eigenvalue weighted by Crippen LogP contribution is -2.45. The Morgan fingerprint density at radius 3 is 2.32 bits per heavy atom. The van der Waals surface area contributed by atoms with Crippen molar-refractivity contribution in [3.05, 3.63) is 64.2 Å². The largest absolute Gasteiger partial charge is 0.324 e. The smallest absolute Gasteiger partial charge is 0.269 e. The molecule has 2 amide bonds. The molecule has 0 saturated carbocycles. The molecule has 0 unspecified atom stereocenters. The summed E-state index contributed by atoms with van der Waals surface area (Å²) < 4.78 is 26.4. The van der Waals surface area contributed by atoms with Gasteiger partial charge in [-0.25, -0.2) is 12.7 Å². The predicted octanol–water partition coefficient (Wildman–Crippen LogP) is 2.22. The first kappa shape index (κ1) is 19.5. The normalized spacial score (nSPS) is 16.8. The van der Waals surface area contributed by atoms with Crippen molar-refractivity contribution in [1.82, 2.24) is 4.31 Å². The molecule has 146 valence electrons. The molecule has 9 nitrogen and oxygen atoms in total. The molecular weight excluding hydrogens is 386 g/mol. The second kappa shape index (κ2) is 7.39. The highest BCUT2D eigenvalue weighted by Gasteiger charge is 2.44. The molecule has 1 aliphatic heterocycles. The number of nitrogens with zero attached hydrogens (tertiary/aromatic N) is 2. The highest BCUT2D eigenvalue weighted by atomic mass is 32.2. The monoisotopic (exact) mass is 403 g/mol. The zero-order valence-electron chi connectivity index (χ0n) is 14.9. The molecule has 0 aliphatic carbocycles. The molecular formula is C18H17N3O6S. The lowest BCUT2D eigenvalue weighted by molar-refractivity contribution is -0.384. The van der Waals surface area contributed by atoms with Crippen LogP contribution in [0.2, 0.25) is 0 Å². The Labute approximate surface area is 161 Å². The summed E-state index contributed by atoms with van der Waals surface area (Å²) in [5, 5.41) is 13.2. The van der Waals surface area contributed by atoms with Gasteiger partial charge in [0.15, 0.2) is 0 Å². The van der Waals surface area contributed by atoms with Crippen LogP contribution in [0.4, 0.5) is 11.4 Å². The van der Waals surface area contributed by atoms with Gasteiger partial charge in [0, 0.05) is 24.2 Å². The fourth-order valence-electron chi connectivity index (χ4n) is 2.92. The van der Waals surface area contributed by atoms with E-state index in [1.165, 1.54) is 36.4 Å². The highest BCUT2D eigenvalue weighted by Crippen LogP contribution is 2.28. The van der Waals surface area contributed by atoms with Crippen molar-refractivity contribution in [3.8, 4) is 0 Å². The number of benzene rings is 2. The minimum Gasteiger partial charge on any atom is -0.324 e. The van der Waals surface area contributed by atoms with Gasteiger partial charge >= 0.3 is 0 Å². The molecule has 2 aromatic carbocycles. The maximum absolute atomic E-state index is 12.9. The van der Waals surface area contributed by atoms with E-state index in [4.69, 9.17) is 0 Å². The first-order valence-corrected chi connectivity index (χ1v) is 9.83. The standard InChI is InChI=1S/C18H17N3O6S/c1-12-2-8-15(9-3-12)28(26,27)20-16(10-11-17(20)22)18(23)19-13-4-6-14(7-5-13)21(24)25/h2-9,16H,10-11H2,1H3,(H,19,23)/t16-/m0/s1. The number of sulfonamides is 1. The molecule has 0 bridgehead atoms. The summed E-state index contributed by atoms with van der Waals surface area (Å²) in [6, 6.07) is 9.93. The van der Waals surface area contributed by atoms with Crippen LogP contribution < -0.4 is 5.32 Å². The topological polar surface area (TPSA) is 127 Å². The molecule has 1 fully saturated rings. The fourth-order valence-corrected chi connectivity index (χ4v) is 4.52. The number of nitro groups is 1. The number of hydrogen-bond donors (Lipinski definition) is 1. The predicted molar refractivity (Wildman–Crippen MR) is 100.0 cm³/mol. The fraction of sp³-hybridized carbons (Fsp3) is 0.222. The van der Waals surface area contributed by atoms with Crippen LogP contribution in [0, 0.1) is 17.0 Å². The number of aryl methyl sites for hydroxylation is 1. The number of amides is 2. The van der Waals surface area contributed by atoms with E-state index in [1.807, 2.05) is 0 Å². The van der Waals surface area contributed by atoms with Crippen molar-refractivity contribution < 1.29 is 22.9 Å². The summed E-state index contributed by atoms with van der Waals surface area (Å²) in [6.45, 7) is 1.80. The number of carbonyl (C=O) groups excluding carboxylic acids is 2. The number of carbonyl (C=O) groups is 2. The molecule has 1 aliphatic rings. The van der Waals surface area contributed by atoms with Gasteiger partial charge in [0.25, 0.3) is 15.7 Å². The molecule has 3 rings (SSSR count). The Morgan fingerprint density at radius 1 is 1.14 bits per heavy atom. The number of rotatable bonds is 5. The number of nitrogens with one attached hydrogen (secondary N) is 1. The minimum absolute atomic E-state index is 0.0583. The molecule has 10 heteroatoms. The summed E-state index contributed by atoms with van der Waals surface area (Å²) in [6.07, 6.45) is -0.00776. The second-order valence-corrected chi connectivity index (χ2v) is 8.17. The van der Waals surface area contributed by atoms with E-state index >= 15 is 0 Å². The van der Waals surface area contributed by atoms with Crippen molar-refractivity contribution in [2.75, 3.05) is 5.32 Å². The summed E-state index contributed by atoms with van der Waals surface area (Å²) in [7, 11) is -4.18.